The van der Waals surface area contributed by atoms with Crippen LogP contribution in [0, 0.1) is 5.92 Å². The van der Waals surface area contributed by atoms with E-state index in [1.807, 2.05) is 18.2 Å². The largest absolute Gasteiger partial charge is 0.497 e. The summed E-state index contributed by atoms with van der Waals surface area (Å²) in [6.45, 7) is 3.02. The van der Waals surface area contributed by atoms with Gasteiger partial charge in [-0.1, -0.05) is 0 Å². The second-order valence-corrected chi connectivity index (χ2v) is 5.16. The van der Waals surface area contributed by atoms with E-state index in [1.54, 1.807) is 7.11 Å². The Morgan fingerprint density at radius 2 is 2.12 bits per heavy atom. The van der Waals surface area contributed by atoms with E-state index >= 15 is 0 Å². The van der Waals surface area contributed by atoms with Crippen LogP contribution in [-0.4, -0.2) is 26.8 Å². The topological polar surface area (TPSA) is 30.5 Å². The summed E-state index contributed by atoms with van der Waals surface area (Å²) in [4.78, 5) is 0. The molecule has 1 heterocycles. The van der Waals surface area contributed by atoms with E-state index in [9.17, 15) is 0 Å². The van der Waals surface area contributed by atoms with Crippen molar-refractivity contribution in [2.45, 2.75) is 12.8 Å². The van der Waals surface area contributed by atoms with E-state index in [1.165, 1.54) is 12.8 Å². The van der Waals surface area contributed by atoms with Crippen LogP contribution in [0.5, 0.6) is 11.5 Å². The summed E-state index contributed by atoms with van der Waals surface area (Å²) in [7, 11) is 1.66. The minimum atomic E-state index is 0.672. The Balaban J connectivity index is 1.89. The molecule has 0 aromatic heterocycles. The third-order valence-electron chi connectivity index (χ3n) is 3.07. The lowest BCUT2D eigenvalue weighted by molar-refractivity contribution is 0.214. The second-order valence-electron chi connectivity index (χ2n) is 4.30. The van der Waals surface area contributed by atoms with Crippen LogP contribution in [0.4, 0.5) is 0 Å². The minimum absolute atomic E-state index is 0.672. The van der Waals surface area contributed by atoms with Crippen molar-refractivity contribution in [2.24, 2.45) is 5.92 Å². The van der Waals surface area contributed by atoms with Crippen LogP contribution in [0.2, 0.25) is 0 Å². The molecule has 1 aliphatic heterocycles. The van der Waals surface area contributed by atoms with Crippen LogP contribution in [0.3, 0.4) is 0 Å². The average Bonchev–Trinajstić information content (AvgIpc) is 2.38. The molecule has 1 aromatic rings. The maximum absolute atomic E-state index is 5.85. The third kappa shape index (κ3) is 3.61. The summed E-state index contributed by atoms with van der Waals surface area (Å²) in [6, 6.07) is 5.80. The Morgan fingerprint density at radius 3 is 2.76 bits per heavy atom. The molecule has 1 saturated heterocycles. The number of ether oxygens (including phenoxy) is 2. The van der Waals surface area contributed by atoms with Crippen molar-refractivity contribution in [1.82, 2.24) is 5.32 Å². The maximum Gasteiger partial charge on any atom is 0.133 e. The summed E-state index contributed by atoms with van der Waals surface area (Å²) in [5.74, 6) is 2.40. The Bertz CT molecular complexity index is 364. The van der Waals surface area contributed by atoms with Crippen LogP contribution in [0.1, 0.15) is 12.8 Å². The molecule has 17 heavy (non-hydrogen) atoms. The van der Waals surface area contributed by atoms with Gasteiger partial charge in [0.15, 0.2) is 0 Å². The van der Waals surface area contributed by atoms with E-state index in [4.69, 9.17) is 9.47 Å². The molecular weight excluding hydrogens is 282 g/mol. The zero-order valence-electron chi connectivity index (χ0n) is 10.0. The molecule has 3 nitrogen and oxygen atoms in total. The number of benzene rings is 1. The van der Waals surface area contributed by atoms with Gasteiger partial charge in [-0.15, -0.1) is 0 Å². The summed E-state index contributed by atoms with van der Waals surface area (Å²) >= 11 is 3.50. The van der Waals surface area contributed by atoms with Crippen molar-refractivity contribution in [3.05, 3.63) is 22.7 Å². The highest BCUT2D eigenvalue weighted by molar-refractivity contribution is 9.10. The van der Waals surface area contributed by atoms with Crippen LogP contribution in [0.15, 0.2) is 22.7 Å². The Hall–Kier alpha value is -0.740. The fourth-order valence-electron chi connectivity index (χ4n) is 1.98. The quantitative estimate of drug-likeness (QED) is 0.927. The highest BCUT2D eigenvalue weighted by Crippen LogP contribution is 2.29. The second kappa shape index (κ2) is 6.26. The molecule has 0 amide bonds. The van der Waals surface area contributed by atoms with Gasteiger partial charge in [0.1, 0.15) is 11.5 Å². The lowest BCUT2D eigenvalue weighted by Gasteiger charge is -2.22. The van der Waals surface area contributed by atoms with E-state index in [-0.39, 0.29) is 0 Å². The Kier molecular flexibility index (Phi) is 4.68. The van der Waals surface area contributed by atoms with Crippen molar-refractivity contribution >= 4 is 15.9 Å². The highest BCUT2D eigenvalue weighted by atomic mass is 79.9. The van der Waals surface area contributed by atoms with Gasteiger partial charge in [-0.2, -0.15) is 0 Å². The number of methoxy groups -OCH3 is 1. The van der Waals surface area contributed by atoms with Gasteiger partial charge in [0.2, 0.25) is 0 Å². The van der Waals surface area contributed by atoms with Gasteiger partial charge in [0.25, 0.3) is 0 Å². The van der Waals surface area contributed by atoms with Gasteiger partial charge in [0, 0.05) is 0 Å². The van der Waals surface area contributed by atoms with E-state index in [0.717, 1.165) is 35.7 Å². The van der Waals surface area contributed by atoms with Gasteiger partial charge >= 0.3 is 0 Å². The molecule has 94 valence electrons. The summed E-state index contributed by atoms with van der Waals surface area (Å²) in [6.07, 6.45) is 2.40. The molecule has 2 rings (SSSR count). The van der Waals surface area contributed by atoms with E-state index < -0.39 is 0 Å². The van der Waals surface area contributed by atoms with Crippen molar-refractivity contribution in [3.63, 3.8) is 0 Å². The van der Waals surface area contributed by atoms with Crippen molar-refractivity contribution in [2.75, 3.05) is 26.8 Å². The maximum atomic E-state index is 5.85. The third-order valence-corrected chi connectivity index (χ3v) is 3.69. The van der Waals surface area contributed by atoms with Gasteiger partial charge < -0.3 is 14.8 Å². The molecule has 0 aliphatic carbocycles. The molecule has 4 heteroatoms. The monoisotopic (exact) mass is 299 g/mol. The number of nitrogens with one attached hydrogen (secondary N) is 1. The molecule has 0 saturated carbocycles. The number of halogens is 1. The van der Waals surface area contributed by atoms with Crippen LogP contribution in [-0.2, 0) is 0 Å². The van der Waals surface area contributed by atoms with Crippen molar-refractivity contribution in [3.8, 4) is 11.5 Å². The molecule has 0 spiro atoms. The van der Waals surface area contributed by atoms with Crippen molar-refractivity contribution < 1.29 is 9.47 Å². The molecule has 1 aromatic carbocycles. The minimum Gasteiger partial charge on any atom is -0.497 e. The zero-order chi connectivity index (χ0) is 12.1. The molecule has 0 radical (unpaired) electrons. The number of hydrogen-bond acceptors (Lipinski definition) is 3. The van der Waals surface area contributed by atoms with Gasteiger partial charge in [-0.05, 0) is 66.0 Å². The first-order valence-electron chi connectivity index (χ1n) is 5.96. The summed E-state index contributed by atoms with van der Waals surface area (Å²) in [5.41, 5.74) is 0. The first-order valence-corrected chi connectivity index (χ1v) is 6.76. The van der Waals surface area contributed by atoms with Crippen molar-refractivity contribution in [1.29, 1.82) is 0 Å². The van der Waals surface area contributed by atoms with Gasteiger partial charge in [0.05, 0.1) is 18.2 Å². The fourth-order valence-corrected chi connectivity index (χ4v) is 2.45. The summed E-state index contributed by atoms with van der Waals surface area (Å²) in [5, 5.41) is 3.36. The number of piperidine rings is 1. The lowest BCUT2D eigenvalue weighted by Crippen LogP contribution is -2.30. The molecule has 1 N–H and O–H groups in total. The van der Waals surface area contributed by atoms with E-state index in [0.29, 0.717) is 5.92 Å². The van der Waals surface area contributed by atoms with E-state index in [2.05, 4.69) is 21.2 Å². The highest BCUT2D eigenvalue weighted by Gasteiger charge is 2.14. The zero-order valence-corrected chi connectivity index (χ0v) is 11.6. The summed E-state index contributed by atoms with van der Waals surface area (Å²) < 4.78 is 11.9. The smallest absolute Gasteiger partial charge is 0.133 e. The molecule has 1 fully saturated rings. The first kappa shape index (κ1) is 12.7. The molecule has 0 bridgehead atoms. The fraction of sp³-hybridized carbons (Fsp3) is 0.538. The predicted molar refractivity (Wildman–Crippen MR) is 71.8 cm³/mol. The molecule has 1 aliphatic rings. The van der Waals surface area contributed by atoms with Crippen LogP contribution >= 0.6 is 15.9 Å². The van der Waals surface area contributed by atoms with Crippen LogP contribution < -0.4 is 14.8 Å². The molecular formula is C13H18BrNO2. The molecule has 0 unspecified atom stereocenters. The molecule has 0 atom stereocenters. The number of rotatable bonds is 4. The predicted octanol–water partition coefficient (Wildman–Crippen LogP) is 2.84. The standard InChI is InChI=1S/C13H18BrNO2/c1-16-11-2-3-13(12(14)8-11)17-9-10-4-6-15-7-5-10/h2-3,8,10,15H,4-7,9H2,1H3. The lowest BCUT2D eigenvalue weighted by atomic mass is 9.99. The SMILES string of the molecule is COc1ccc(OCC2CCNCC2)c(Br)c1. The Labute approximate surface area is 111 Å². The average molecular weight is 300 g/mol. The first-order chi connectivity index (χ1) is 8.29. The normalized spacial score (nSPS) is 16.8. The Morgan fingerprint density at radius 1 is 1.35 bits per heavy atom. The van der Waals surface area contributed by atoms with Crippen LogP contribution in [0.25, 0.3) is 0 Å². The van der Waals surface area contributed by atoms with Gasteiger partial charge in [-0.25, -0.2) is 0 Å². The number of hydrogen-bond donors (Lipinski definition) is 1. The van der Waals surface area contributed by atoms with Gasteiger partial charge in [-0.3, -0.25) is 0 Å².